The molecule has 2 unspecified atom stereocenters. The Morgan fingerprint density at radius 2 is 0.846 bits per heavy atom. The van der Waals surface area contributed by atoms with E-state index < -0.39 is 6.03 Å². The van der Waals surface area contributed by atoms with Crippen molar-refractivity contribution in [2.75, 3.05) is 25.5 Å². The zero-order chi connectivity index (χ0) is 59.2. The van der Waals surface area contributed by atoms with Gasteiger partial charge in [0.05, 0.1) is 0 Å². The standard InChI is InChI=1S/C22H33N3O2.C14H26ClNO.C14H30N2O.C14H28N2O/c1-3-5-8-14-19(20(21(23)26)15-9-6-4-2)17-25-22(27)24-16-18-12-10-7-11-13-18;3*1-3-5-7-9-12(11-15)13(14(16)17)10-8-6-4-2/h7,10-13,16H,3-6,8-9,14-15,17H2,1-2H3,(H2,23,26)(H,25,27);3-11H2,1-2H3,(H2,16,17);12-13H,3-11,15H2,1-2H3,(H2,16,17);3-11,15H2,1-2H3,(H2,16,17)/b20-19+,24-16?;13-12+;;13-12+. The van der Waals surface area contributed by atoms with Crippen LogP contribution in [0.15, 0.2) is 68.8 Å². The molecule has 13 nitrogen and oxygen atoms in total. The normalized spacial score (nSPS) is 12.8. The molecule has 0 aliphatic carbocycles. The van der Waals surface area contributed by atoms with Gasteiger partial charge in [-0.3, -0.25) is 19.2 Å². The summed E-state index contributed by atoms with van der Waals surface area (Å²) in [6.45, 7) is 18.6. The fourth-order valence-electron chi connectivity index (χ4n) is 9.13. The number of urea groups is 1. The fourth-order valence-corrected chi connectivity index (χ4v) is 9.42. The average molecular weight is 1110 g/mol. The molecular weight excluding hydrogens is 996 g/mol. The molecule has 1 rings (SSSR count). The molecule has 0 saturated heterocycles. The second-order valence-electron chi connectivity index (χ2n) is 20.7. The summed E-state index contributed by atoms with van der Waals surface area (Å²) in [6.07, 6.45) is 35.2. The summed E-state index contributed by atoms with van der Waals surface area (Å²) in [4.78, 5) is 62.3. The largest absolute Gasteiger partial charge is 0.369 e. The van der Waals surface area contributed by atoms with Gasteiger partial charge in [-0.1, -0.05) is 201 Å². The van der Waals surface area contributed by atoms with Crippen LogP contribution in [0.4, 0.5) is 4.79 Å². The first-order chi connectivity index (χ1) is 37.6. The summed E-state index contributed by atoms with van der Waals surface area (Å²) in [6, 6.07) is 9.04. The van der Waals surface area contributed by atoms with Crippen molar-refractivity contribution in [2.45, 2.75) is 261 Å². The number of primary amides is 4. The smallest absolute Gasteiger partial charge is 0.341 e. The van der Waals surface area contributed by atoms with Crippen LogP contribution in [0, 0.1) is 11.8 Å². The van der Waals surface area contributed by atoms with Crippen LogP contribution in [0.5, 0.6) is 0 Å². The van der Waals surface area contributed by atoms with Gasteiger partial charge < -0.3 is 39.7 Å². The molecule has 0 radical (unpaired) electrons. The molecule has 6 amide bonds. The number of nitrogens with zero attached hydrogens (tertiary/aromatic N) is 1. The van der Waals surface area contributed by atoms with Gasteiger partial charge in [0.1, 0.15) is 0 Å². The van der Waals surface area contributed by atoms with Crippen molar-refractivity contribution in [1.29, 1.82) is 0 Å². The van der Waals surface area contributed by atoms with E-state index in [-0.39, 0.29) is 35.5 Å². The minimum absolute atomic E-state index is 0.0107. The van der Waals surface area contributed by atoms with E-state index in [1.54, 1.807) is 0 Å². The number of carbonyl (C=O) groups excluding carboxylic acids is 5. The number of hydrogen-bond acceptors (Lipinski definition) is 7. The van der Waals surface area contributed by atoms with Gasteiger partial charge in [-0.15, -0.1) is 11.6 Å². The predicted octanol–water partition coefficient (Wildman–Crippen LogP) is 14.6. The third-order valence-electron chi connectivity index (χ3n) is 14.0. The topological polar surface area (TPSA) is 266 Å². The molecule has 0 aliphatic heterocycles. The molecule has 0 saturated carbocycles. The van der Waals surface area contributed by atoms with Crippen LogP contribution in [-0.2, 0) is 19.2 Å². The first-order valence-corrected chi connectivity index (χ1v) is 31.3. The molecule has 13 N–H and O–H groups in total. The summed E-state index contributed by atoms with van der Waals surface area (Å²) in [5, 5.41) is 2.80. The second kappa shape index (κ2) is 56.0. The SMILES string of the molecule is CCCCC/C(CCl)=C(/CCCCC)C(N)=O.CCCCC/C(CN)=C(/CCCCC)C(N)=O.CCCCC/C(CNC(=O)N=Cc1ccccc1)=C(/CCCCC)C(N)=O.CCCCCC(CN)C(CCCCC)C(N)=O. The molecule has 14 heteroatoms. The number of benzene rings is 1. The number of nitrogens with one attached hydrogen (secondary N) is 1. The summed E-state index contributed by atoms with van der Waals surface area (Å²) in [5.74, 6) is -0.382. The second-order valence-corrected chi connectivity index (χ2v) is 21.0. The number of nitrogens with two attached hydrogens (primary N) is 6. The lowest BCUT2D eigenvalue weighted by Crippen LogP contribution is -2.34. The quantitative estimate of drug-likeness (QED) is 0.0144. The molecule has 2 atom stereocenters. The number of unbranched alkanes of at least 4 members (excludes halogenated alkanes) is 16. The highest BCUT2D eigenvalue weighted by Gasteiger charge is 2.24. The Morgan fingerprint density at radius 3 is 1.22 bits per heavy atom. The van der Waals surface area contributed by atoms with Crippen molar-refractivity contribution in [3.05, 3.63) is 69.3 Å². The average Bonchev–Trinajstić information content (AvgIpc) is 3.42. The summed E-state index contributed by atoms with van der Waals surface area (Å²) in [5.41, 5.74) is 39.7. The molecular formula is C64H117ClN8O5. The maximum Gasteiger partial charge on any atom is 0.341 e. The number of aliphatic imine (C=N–C) groups is 1. The Hall–Kier alpha value is -4.33. The Bertz CT molecular complexity index is 1760. The van der Waals surface area contributed by atoms with E-state index in [0.717, 1.165) is 181 Å². The molecule has 1 aromatic rings. The molecule has 0 heterocycles. The van der Waals surface area contributed by atoms with Gasteiger partial charge in [0, 0.05) is 47.8 Å². The molecule has 0 aliphatic rings. The van der Waals surface area contributed by atoms with E-state index in [2.05, 4.69) is 65.7 Å². The van der Waals surface area contributed by atoms with Gasteiger partial charge >= 0.3 is 6.03 Å². The van der Waals surface area contributed by atoms with E-state index in [4.69, 9.17) is 46.0 Å². The van der Waals surface area contributed by atoms with Crippen LogP contribution in [0.2, 0.25) is 0 Å². The van der Waals surface area contributed by atoms with E-state index >= 15 is 0 Å². The number of amides is 6. The van der Waals surface area contributed by atoms with Crippen molar-refractivity contribution in [1.82, 2.24) is 5.32 Å². The van der Waals surface area contributed by atoms with E-state index in [1.165, 1.54) is 57.6 Å². The number of allylic oxidation sites excluding steroid dienone is 1. The van der Waals surface area contributed by atoms with Gasteiger partial charge in [-0.2, -0.15) is 0 Å². The van der Waals surface area contributed by atoms with Crippen molar-refractivity contribution in [2.24, 2.45) is 51.2 Å². The zero-order valence-electron chi connectivity index (χ0n) is 50.9. The summed E-state index contributed by atoms with van der Waals surface area (Å²) in [7, 11) is 0. The maximum absolute atomic E-state index is 12.1. The molecule has 1 aromatic carbocycles. The number of halogens is 1. The van der Waals surface area contributed by atoms with E-state index in [9.17, 15) is 24.0 Å². The Balaban J connectivity index is -0.000000987. The van der Waals surface area contributed by atoms with Crippen LogP contribution in [0.3, 0.4) is 0 Å². The molecule has 0 bridgehead atoms. The van der Waals surface area contributed by atoms with Gasteiger partial charge in [0.2, 0.25) is 23.6 Å². The van der Waals surface area contributed by atoms with Crippen LogP contribution in [-0.4, -0.2) is 61.4 Å². The lowest BCUT2D eigenvalue weighted by atomic mass is 9.83. The predicted molar refractivity (Wildman–Crippen MR) is 334 cm³/mol. The number of carbonyl (C=O) groups is 5. The van der Waals surface area contributed by atoms with E-state index in [1.807, 2.05) is 30.3 Å². The number of alkyl halides is 1. The minimum atomic E-state index is -0.413. The fraction of sp³-hybridized carbons (Fsp3) is 0.719. The Kier molecular flexibility index (Phi) is 55.9. The highest BCUT2D eigenvalue weighted by atomic mass is 35.5. The first kappa shape index (κ1) is 77.9. The molecule has 0 fully saturated rings. The van der Waals surface area contributed by atoms with Crippen molar-refractivity contribution < 1.29 is 24.0 Å². The van der Waals surface area contributed by atoms with Crippen molar-refractivity contribution >= 4 is 47.5 Å². The van der Waals surface area contributed by atoms with Gasteiger partial charge in [0.25, 0.3) is 0 Å². The van der Waals surface area contributed by atoms with Crippen LogP contribution in [0.25, 0.3) is 0 Å². The highest BCUT2D eigenvalue weighted by molar-refractivity contribution is 6.20. The van der Waals surface area contributed by atoms with Gasteiger partial charge in [-0.05, 0) is 125 Å². The molecule has 0 aromatic heterocycles. The van der Waals surface area contributed by atoms with Crippen LogP contribution in [0.1, 0.15) is 266 Å². The summed E-state index contributed by atoms with van der Waals surface area (Å²) < 4.78 is 0. The van der Waals surface area contributed by atoms with E-state index in [0.29, 0.717) is 37.5 Å². The maximum atomic E-state index is 12.1. The van der Waals surface area contributed by atoms with Crippen LogP contribution < -0.4 is 39.7 Å². The summed E-state index contributed by atoms with van der Waals surface area (Å²) >= 11 is 5.93. The van der Waals surface area contributed by atoms with Crippen LogP contribution >= 0.6 is 11.6 Å². The molecule has 450 valence electrons. The third-order valence-corrected chi connectivity index (χ3v) is 14.4. The van der Waals surface area contributed by atoms with Gasteiger partial charge in [0.15, 0.2) is 0 Å². The highest BCUT2D eigenvalue weighted by Crippen LogP contribution is 2.25. The molecule has 0 spiro atoms. The van der Waals surface area contributed by atoms with Gasteiger partial charge in [-0.25, -0.2) is 9.79 Å². The minimum Gasteiger partial charge on any atom is -0.369 e. The monoisotopic (exact) mass is 1110 g/mol. The lowest BCUT2D eigenvalue weighted by Gasteiger charge is -2.23. The Labute approximate surface area is 481 Å². The zero-order valence-corrected chi connectivity index (χ0v) is 51.7. The van der Waals surface area contributed by atoms with Crippen molar-refractivity contribution in [3.8, 4) is 0 Å². The Morgan fingerprint density at radius 1 is 0.487 bits per heavy atom. The first-order valence-electron chi connectivity index (χ1n) is 30.7. The number of rotatable bonds is 43. The number of hydrogen-bond donors (Lipinski definition) is 7. The molecule has 78 heavy (non-hydrogen) atoms. The lowest BCUT2D eigenvalue weighted by molar-refractivity contribution is -0.124. The van der Waals surface area contributed by atoms with Crippen molar-refractivity contribution in [3.63, 3.8) is 0 Å². The third kappa shape index (κ3) is 42.6.